The molecule has 2 rings (SSSR count). The molecule has 0 saturated carbocycles. The van der Waals surface area contributed by atoms with Gasteiger partial charge in [-0.1, -0.05) is 6.07 Å². The number of urea groups is 1. The second-order valence-electron chi connectivity index (χ2n) is 5.34. The second-order valence-corrected chi connectivity index (χ2v) is 5.34. The van der Waals surface area contributed by atoms with Crippen LogP contribution in [0.1, 0.15) is 12.5 Å². The molecule has 1 aromatic carbocycles. The van der Waals surface area contributed by atoms with Crippen molar-refractivity contribution in [2.45, 2.75) is 13.5 Å². The summed E-state index contributed by atoms with van der Waals surface area (Å²) in [6.45, 7) is 4.23. The molecule has 23 heavy (non-hydrogen) atoms. The fourth-order valence-electron chi connectivity index (χ4n) is 2.50. The maximum atomic E-state index is 12.2. The molecular formula is C16H23N3O4. The van der Waals surface area contributed by atoms with Crippen molar-refractivity contribution in [3.63, 3.8) is 0 Å². The largest absolute Gasteiger partial charge is 0.493 e. The Morgan fingerprint density at radius 3 is 2.22 bits per heavy atom. The third-order valence-electron chi connectivity index (χ3n) is 3.90. The molecule has 7 heteroatoms. The van der Waals surface area contributed by atoms with Gasteiger partial charge >= 0.3 is 6.03 Å². The molecule has 1 aromatic rings. The van der Waals surface area contributed by atoms with Gasteiger partial charge in [-0.3, -0.25) is 4.79 Å². The SMILES string of the molecule is COc1ccc(CNC(=O)N2CCN(C(C)=O)CC2)cc1OC. The summed E-state index contributed by atoms with van der Waals surface area (Å²) in [5.41, 5.74) is 0.929. The van der Waals surface area contributed by atoms with Crippen molar-refractivity contribution in [2.24, 2.45) is 0 Å². The van der Waals surface area contributed by atoms with Crippen LogP contribution in [0.5, 0.6) is 11.5 Å². The Morgan fingerprint density at radius 2 is 1.65 bits per heavy atom. The van der Waals surface area contributed by atoms with Crippen LogP contribution in [0.4, 0.5) is 4.79 Å². The highest BCUT2D eigenvalue weighted by Crippen LogP contribution is 2.27. The third-order valence-corrected chi connectivity index (χ3v) is 3.90. The maximum absolute atomic E-state index is 12.2. The van der Waals surface area contributed by atoms with Gasteiger partial charge in [0.25, 0.3) is 0 Å². The van der Waals surface area contributed by atoms with E-state index in [0.29, 0.717) is 44.2 Å². The van der Waals surface area contributed by atoms with Gasteiger partial charge < -0.3 is 24.6 Å². The Balaban J connectivity index is 1.86. The normalized spacial score (nSPS) is 14.4. The molecule has 0 radical (unpaired) electrons. The van der Waals surface area contributed by atoms with Crippen molar-refractivity contribution < 1.29 is 19.1 Å². The van der Waals surface area contributed by atoms with Crippen LogP contribution >= 0.6 is 0 Å². The number of carbonyl (C=O) groups is 2. The van der Waals surface area contributed by atoms with Gasteiger partial charge in [-0.2, -0.15) is 0 Å². The van der Waals surface area contributed by atoms with E-state index in [0.717, 1.165) is 5.56 Å². The molecule has 7 nitrogen and oxygen atoms in total. The summed E-state index contributed by atoms with van der Waals surface area (Å²) in [6, 6.07) is 5.41. The van der Waals surface area contributed by atoms with Gasteiger partial charge in [0, 0.05) is 39.6 Å². The molecule has 126 valence electrons. The Hall–Kier alpha value is -2.44. The highest BCUT2D eigenvalue weighted by Gasteiger charge is 2.22. The van der Waals surface area contributed by atoms with Gasteiger partial charge in [0.15, 0.2) is 11.5 Å². The fraction of sp³-hybridized carbons (Fsp3) is 0.500. The first-order valence-electron chi connectivity index (χ1n) is 7.54. The zero-order valence-electron chi connectivity index (χ0n) is 13.8. The van der Waals surface area contributed by atoms with Gasteiger partial charge in [0.1, 0.15) is 0 Å². The first kappa shape index (κ1) is 16.9. The number of piperazine rings is 1. The molecule has 0 unspecified atom stereocenters. The van der Waals surface area contributed by atoms with Crippen LogP contribution in [0.3, 0.4) is 0 Å². The Bertz CT molecular complexity index is 568. The molecule has 0 bridgehead atoms. The minimum Gasteiger partial charge on any atom is -0.493 e. The fourth-order valence-corrected chi connectivity index (χ4v) is 2.50. The highest BCUT2D eigenvalue weighted by atomic mass is 16.5. The quantitative estimate of drug-likeness (QED) is 0.901. The van der Waals surface area contributed by atoms with Crippen LogP contribution in [0.25, 0.3) is 0 Å². The molecule has 1 aliphatic rings. The summed E-state index contributed by atoms with van der Waals surface area (Å²) in [4.78, 5) is 26.9. The predicted octanol–water partition coefficient (Wildman–Crippen LogP) is 1.08. The zero-order chi connectivity index (χ0) is 16.8. The summed E-state index contributed by atoms with van der Waals surface area (Å²) >= 11 is 0. The number of hydrogen-bond donors (Lipinski definition) is 1. The average Bonchev–Trinajstić information content (AvgIpc) is 2.59. The Morgan fingerprint density at radius 1 is 1.04 bits per heavy atom. The van der Waals surface area contributed by atoms with E-state index >= 15 is 0 Å². The molecule has 1 N–H and O–H groups in total. The van der Waals surface area contributed by atoms with E-state index in [4.69, 9.17) is 9.47 Å². The number of amides is 3. The van der Waals surface area contributed by atoms with E-state index in [1.165, 1.54) is 0 Å². The number of nitrogens with zero attached hydrogens (tertiary/aromatic N) is 2. The lowest BCUT2D eigenvalue weighted by Crippen LogP contribution is -2.52. The molecular weight excluding hydrogens is 298 g/mol. The van der Waals surface area contributed by atoms with Crippen LogP contribution in [0.15, 0.2) is 18.2 Å². The molecule has 0 atom stereocenters. The monoisotopic (exact) mass is 321 g/mol. The first-order chi connectivity index (χ1) is 11.0. The molecule has 1 heterocycles. The topological polar surface area (TPSA) is 71.1 Å². The van der Waals surface area contributed by atoms with Crippen LogP contribution in [0, 0.1) is 0 Å². The van der Waals surface area contributed by atoms with E-state index in [-0.39, 0.29) is 11.9 Å². The number of carbonyl (C=O) groups excluding carboxylic acids is 2. The number of hydrogen-bond acceptors (Lipinski definition) is 4. The number of ether oxygens (including phenoxy) is 2. The minimum atomic E-state index is -0.122. The van der Waals surface area contributed by atoms with Crippen LogP contribution in [0.2, 0.25) is 0 Å². The van der Waals surface area contributed by atoms with Gasteiger partial charge in [0.2, 0.25) is 5.91 Å². The number of rotatable bonds is 4. The van der Waals surface area contributed by atoms with E-state index < -0.39 is 0 Å². The van der Waals surface area contributed by atoms with Gasteiger partial charge in [-0.15, -0.1) is 0 Å². The Labute approximate surface area is 136 Å². The van der Waals surface area contributed by atoms with E-state index in [1.807, 2.05) is 18.2 Å². The molecule has 1 fully saturated rings. The molecule has 0 aromatic heterocycles. The molecule has 3 amide bonds. The predicted molar refractivity (Wildman–Crippen MR) is 85.6 cm³/mol. The molecule has 0 spiro atoms. The van der Waals surface area contributed by atoms with E-state index in [2.05, 4.69) is 5.32 Å². The lowest BCUT2D eigenvalue weighted by atomic mass is 10.2. The summed E-state index contributed by atoms with van der Waals surface area (Å²) < 4.78 is 10.4. The standard InChI is InChI=1S/C16H23N3O4/c1-12(20)18-6-8-19(9-7-18)16(21)17-11-13-4-5-14(22-2)15(10-13)23-3/h4-5,10H,6-9,11H2,1-3H3,(H,17,21). The summed E-state index contributed by atoms with van der Waals surface area (Å²) in [5, 5.41) is 2.89. The summed E-state index contributed by atoms with van der Waals surface area (Å²) in [6.07, 6.45) is 0. The average molecular weight is 321 g/mol. The molecule has 0 aliphatic carbocycles. The smallest absolute Gasteiger partial charge is 0.317 e. The van der Waals surface area contributed by atoms with Crippen molar-refractivity contribution >= 4 is 11.9 Å². The van der Waals surface area contributed by atoms with Crippen LogP contribution in [-0.4, -0.2) is 62.1 Å². The number of methoxy groups -OCH3 is 2. The van der Waals surface area contributed by atoms with E-state index in [9.17, 15) is 9.59 Å². The van der Waals surface area contributed by atoms with Crippen LogP contribution in [-0.2, 0) is 11.3 Å². The van der Waals surface area contributed by atoms with Crippen molar-refractivity contribution in [3.05, 3.63) is 23.8 Å². The van der Waals surface area contributed by atoms with Crippen molar-refractivity contribution in [3.8, 4) is 11.5 Å². The van der Waals surface area contributed by atoms with Gasteiger partial charge in [0.05, 0.1) is 14.2 Å². The second kappa shape index (κ2) is 7.71. The first-order valence-corrected chi connectivity index (χ1v) is 7.54. The number of benzene rings is 1. The van der Waals surface area contributed by atoms with Crippen molar-refractivity contribution in [1.29, 1.82) is 0 Å². The Kier molecular flexibility index (Phi) is 5.67. The van der Waals surface area contributed by atoms with Gasteiger partial charge in [-0.05, 0) is 17.7 Å². The summed E-state index contributed by atoms with van der Waals surface area (Å²) in [7, 11) is 3.16. The maximum Gasteiger partial charge on any atom is 0.317 e. The zero-order valence-corrected chi connectivity index (χ0v) is 13.8. The minimum absolute atomic E-state index is 0.0513. The summed E-state index contributed by atoms with van der Waals surface area (Å²) in [5.74, 6) is 1.34. The highest BCUT2D eigenvalue weighted by molar-refractivity contribution is 5.76. The van der Waals surface area contributed by atoms with Crippen molar-refractivity contribution in [1.82, 2.24) is 15.1 Å². The third kappa shape index (κ3) is 4.28. The van der Waals surface area contributed by atoms with Crippen LogP contribution < -0.4 is 14.8 Å². The lowest BCUT2D eigenvalue weighted by molar-refractivity contribution is -0.130. The lowest BCUT2D eigenvalue weighted by Gasteiger charge is -2.34. The molecule has 1 aliphatic heterocycles. The van der Waals surface area contributed by atoms with Crippen molar-refractivity contribution in [2.75, 3.05) is 40.4 Å². The number of nitrogens with one attached hydrogen (secondary N) is 1. The van der Waals surface area contributed by atoms with E-state index in [1.54, 1.807) is 30.9 Å². The van der Waals surface area contributed by atoms with Gasteiger partial charge in [-0.25, -0.2) is 4.79 Å². The molecule has 1 saturated heterocycles.